The lowest BCUT2D eigenvalue weighted by Gasteiger charge is -2.16. The van der Waals surface area contributed by atoms with Crippen molar-refractivity contribution in [3.63, 3.8) is 0 Å². The number of aromatic nitrogens is 1. The summed E-state index contributed by atoms with van der Waals surface area (Å²) in [4.78, 5) is 12.3. The molecule has 3 aromatic rings. The van der Waals surface area contributed by atoms with Gasteiger partial charge in [-0.3, -0.25) is 4.79 Å². The quantitative estimate of drug-likeness (QED) is 0.779. The summed E-state index contributed by atoms with van der Waals surface area (Å²) in [6.07, 6.45) is 3.46. The molecule has 1 N–H and O–H groups in total. The van der Waals surface area contributed by atoms with E-state index in [0.717, 1.165) is 18.4 Å². The fourth-order valence-electron chi connectivity index (χ4n) is 2.78. The maximum Gasteiger partial charge on any atom is 0.273 e. The minimum atomic E-state index is -0.301. The van der Waals surface area contributed by atoms with E-state index in [9.17, 15) is 9.18 Å². The largest absolute Gasteiger partial charge is 0.461 e. The van der Waals surface area contributed by atoms with Crippen LogP contribution in [0, 0.1) is 5.82 Å². The Labute approximate surface area is 137 Å². The molecule has 2 aromatic heterocycles. The number of benzene rings is 1. The molecule has 1 amide bonds. The molecule has 0 aliphatic heterocycles. The Morgan fingerprint density at radius 1 is 1.21 bits per heavy atom. The van der Waals surface area contributed by atoms with Crippen LogP contribution in [0.1, 0.15) is 28.9 Å². The van der Waals surface area contributed by atoms with E-state index in [1.165, 1.54) is 18.4 Å². The zero-order valence-corrected chi connectivity index (χ0v) is 12.8. The van der Waals surface area contributed by atoms with Gasteiger partial charge in [0.1, 0.15) is 5.82 Å². The molecule has 0 saturated heterocycles. The zero-order chi connectivity index (χ0) is 16.6. The molecule has 0 spiro atoms. The molecule has 0 radical (unpaired) electrons. The van der Waals surface area contributed by atoms with Gasteiger partial charge in [0.15, 0.2) is 11.5 Å². The van der Waals surface area contributed by atoms with Gasteiger partial charge in [0.05, 0.1) is 6.26 Å². The molecule has 24 heavy (non-hydrogen) atoms. The Hall–Kier alpha value is -2.89. The Bertz CT molecular complexity index is 849. The van der Waals surface area contributed by atoms with Crippen LogP contribution in [0.2, 0.25) is 0 Å². The van der Waals surface area contributed by atoms with Crippen molar-refractivity contribution in [2.45, 2.75) is 18.3 Å². The van der Waals surface area contributed by atoms with Crippen LogP contribution in [0.15, 0.2) is 57.7 Å². The van der Waals surface area contributed by atoms with Gasteiger partial charge < -0.3 is 14.3 Å². The Balaban J connectivity index is 1.43. The van der Waals surface area contributed by atoms with Gasteiger partial charge in [-0.25, -0.2) is 4.39 Å². The highest BCUT2D eigenvalue weighted by molar-refractivity contribution is 5.93. The zero-order valence-electron chi connectivity index (χ0n) is 12.8. The molecule has 1 aromatic carbocycles. The molecular weight excluding hydrogens is 311 g/mol. The van der Waals surface area contributed by atoms with Gasteiger partial charge in [-0.05, 0) is 42.7 Å². The van der Waals surface area contributed by atoms with E-state index in [0.29, 0.717) is 18.1 Å². The van der Waals surface area contributed by atoms with Crippen LogP contribution < -0.4 is 5.32 Å². The Morgan fingerprint density at radius 2 is 2.00 bits per heavy atom. The lowest BCUT2D eigenvalue weighted by molar-refractivity contribution is 0.0940. The van der Waals surface area contributed by atoms with Gasteiger partial charge in [-0.1, -0.05) is 17.3 Å². The van der Waals surface area contributed by atoms with Crippen LogP contribution in [0.3, 0.4) is 0 Å². The third-order valence-electron chi connectivity index (χ3n) is 4.40. The van der Waals surface area contributed by atoms with Crippen LogP contribution in [-0.2, 0) is 5.41 Å². The number of amides is 1. The van der Waals surface area contributed by atoms with Crippen molar-refractivity contribution in [3.05, 3.63) is 65.8 Å². The Morgan fingerprint density at radius 3 is 2.67 bits per heavy atom. The first kappa shape index (κ1) is 14.7. The summed E-state index contributed by atoms with van der Waals surface area (Å²) in [5, 5.41) is 6.67. The van der Waals surface area contributed by atoms with E-state index < -0.39 is 0 Å². The van der Waals surface area contributed by atoms with Crippen LogP contribution in [0.4, 0.5) is 4.39 Å². The Kier molecular flexibility index (Phi) is 3.45. The number of carbonyl (C=O) groups excluding carboxylic acids is 1. The highest BCUT2D eigenvalue weighted by Crippen LogP contribution is 2.47. The van der Waals surface area contributed by atoms with Crippen molar-refractivity contribution in [2.24, 2.45) is 0 Å². The molecular formula is C18H15FN2O3. The molecule has 122 valence electrons. The average molecular weight is 326 g/mol. The van der Waals surface area contributed by atoms with Crippen molar-refractivity contribution >= 4 is 5.91 Å². The average Bonchev–Trinajstić information content (AvgIpc) is 3.02. The van der Waals surface area contributed by atoms with Crippen LogP contribution >= 0.6 is 0 Å². The minimum absolute atomic E-state index is 0.100. The third kappa shape index (κ3) is 2.71. The standard InChI is InChI=1S/C18H15FN2O3/c19-13-5-3-12(4-6-13)18(7-8-18)11-20-17(22)14-10-16(24-21-14)15-2-1-9-23-15/h1-6,9-10H,7-8,11H2,(H,20,22). The highest BCUT2D eigenvalue weighted by Gasteiger charge is 2.44. The van der Waals surface area contributed by atoms with Crippen molar-refractivity contribution in [3.8, 4) is 11.5 Å². The lowest BCUT2D eigenvalue weighted by atomic mass is 9.96. The van der Waals surface area contributed by atoms with E-state index in [2.05, 4.69) is 10.5 Å². The minimum Gasteiger partial charge on any atom is -0.461 e. The number of furan rings is 1. The number of nitrogens with zero attached hydrogens (tertiary/aromatic N) is 1. The topological polar surface area (TPSA) is 68.3 Å². The predicted molar refractivity (Wildman–Crippen MR) is 83.9 cm³/mol. The fraction of sp³-hybridized carbons (Fsp3) is 0.222. The molecule has 2 heterocycles. The summed E-state index contributed by atoms with van der Waals surface area (Å²) >= 11 is 0. The molecule has 4 rings (SSSR count). The number of hydrogen-bond acceptors (Lipinski definition) is 4. The summed E-state index contributed by atoms with van der Waals surface area (Å²) < 4.78 is 23.4. The second kappa shape index (κ2) is 5.63. The first-order chi connectivity index (χ1) is 11.7. The van der Waals surface area contributed by atoms with Crippen molar-refractivity contribution in [1.82, 2.24) is 10.5 Å². The molecule has 0 bridgehead atoms. The van der Waals surface area contributed by atoms with Gasteiger partial charge >= 0.3 is 0 Å². The van der Waals surface area contributed by atoms with Gasteiger partial charge in [0, 0.05) is 18.0 Å². The van der Waals surface area contributed by atoms with Crippen molar-refractivity contribution in [1.29, 1.82) is 0 Å². The first-order valence-electron chi connectivity index (χ1n) is 7.71. The molecule has 1 aliphatic rings. The van der Waals surface area contributed by atoms with E-state index in [1.807, 2.05) is 0 Å². The van der Waals surface area contributed by atoms with Gasteiger partial charge in [0.25, 0.3) is 5.91 Å². The summed E-state index contributed by atoms with van der Waals surface area (Å²) in [7, 11) is 0. The lowest BCUT2D eigenvalue weighted by Crippen LogP contribution is -2.32. The van der Waals surface area contributed by atoms with E-state index in [1.54, 1.807) is 30.3 Å². The second-order valence-electron chi connectivity index (χ2n) is 6.02. The number of nitrogens with one attached hydrogen (secondary N) is 1. The van der Waals surface area contributed by atoms with Gasteiger partial charge in [-0.15, -0.1) is 0 Å². The first-order valence-corrected chi connectivity index (χ1v) is 7.71. The SMILES string of the molecule is O=C(NCC1(c2ccc(F)cc2)CC1)c1cc(-c2ccco2)on1. The number of carbonyl (C=O) groups is 1. The summed E-state index contributed by atoms with van der Waals surface area (Å²) in [6.45, 7) is 0.487. The number of halogens is 1. The molecule has 6 heteroatoms. The number of hydrogen-bond donors (Lipinski definition) is 1. The maximum absolute atomic E-state index is 13.1. The van der Waals surface area contributed by atoms with Crippen LogP contribution in [0.5, 0.6) is 0 Å². The van der Waals surface area contributed by atoms with Crippen LogP contribution in [0.25, 0.3) is 11.5 Å². The molecule has 0 atom stereocenters. The monoisotopic (exact) mass is 326 g/mol. The molecule has 0 unspecified atom stereocenters. The third-order valence-corrected chi connectivity index (χ3v) is 4.40. The predicted octanol–water partition coefficient (Wildman–Crippen LogP) is 3.54. The fourth-order valence-corrected chi connectivity index (χ4v) is 2.78. The normalized spacial score (nSPS) is 15.2. The highest BCUT2D eigenvalue weighted by atomic mass is 19.1. The summed E-state index contributed by atoms with van der Waals surface area (Å²) in [5.74, 6) is 0.368. The van der Waals surface area contributed by atoms with Gasteiger partial charge in [0.2, 0.25) is 5.76 Å². The maximum atomic E-state index is 13.1. The van der Waals surface area contributed by atoms with Crippen molar-refractivity contribution < 1.29 is 18.1 Å². The second-order valence-corrected chi connectivity index (χ2v) is 6.02. The van der Waals surface area contributed by atoms with E-state index >= 15 is 0 Å². The van der Waals surface area contributed by atoms with E-state index in [-0.39, 0.29) is 22.8 Å². The smallest absolute Gasteiger partial charge is 0.273 e. The molecule has 1 aliphatic carbocycles. The molecule has 1 fully saturated rings. The summed E-state index contributed by atoms with van der Waals surface area (Å²) in [5.41, 5.74) is 1.15. The van der Waals surface area contributed by atoms with Crippen LogP contribution in [-0.4, -0.2) is 17.6 Å². The van der Waals surface area contributed by atoms with E-state index in [4.69, 9.17) is 8.94 Å². The molecule has 1 saturated carbocycles. The number of rotatable bonds is 5. The molecule has 5 nitrogen and oxygen atoms in total. The van der Waals surface area contributed by atoms with Crippen molar-refractivity contribution in [2.75, 3.05) is 6.54 Å². The van der Waals surface area contributed by atoms with Gasteiger partial charge in [-0.2, -0.15) is 0 Å². The summed E-state index contributed by atoms with van der Waals surface area (Å²) in [6, 6.07) is 11.5.